The quantitative estimate of drug-likeness (QED) is 0.577. The molecule has 2 heterocycles. The van der Waals surface area contributed by atoms with Crippen LogP contribution in [0.15, 0.2) is 54.7 Å². The van der Waals surface area contributed by atoms with Gasteiger partial charge in [-0.3, -0.25) is 4.79 Å². The number of hydrogen-bond donors (Lipinski definition) is 1. The number of esters is 1. The summed E-state index contributed by atoms with van der Waals surface area (Å²) in [5, 5.41) is 0.798. The van der Waals surface area contributed by atoms with Gasteiger partial charge in [-0.25, -0.2) is 4.79 Å². The van der Waals surface area contributed by atoms with Crippen molar-refractivity contribution >= 4 is 22.7 Å². The van der Waals surface area contributed by atoms with E-state index in [0.717, 1.165) is 10.9 Å². The molecular formula is C20H17NO5. The van der Waals surface area contributed by atoms with Crippen molar-refractivity contribution in [1.82, 2.24) is 4.98 Å². The van der Waals surface area contributed by atoms with Crippen LogP contribution >= 0.6 is 0 Å². The van der Waals surface area contributed by atoms with Crippen LogP contribution in [0, 0.1) is 0 Å². The van der Waals surface area contributed by atoms with Crippen LogP contribution in [0.3, 0.4) is 0 Å². The van der Waals surface area contributed by atoms with Crippen LogP contribution in [0.2, 0.25) is 0 Å². The Hall–Kier alpha value is -3.28. The lowest BCUT2D eigenvalue weighted by Crippen LogP contribution is -2.40. The van der Waals surface area contributed by atoms with E-state index in [1.165, 1.54) is 0 Å². The van der Waals surface area contributed by atoms with Crippen molar-refractivity contribution in [3.63, 3.8) is 0 Å². The maximum absolute atomic E-state index is 12.7. The average molecular weight is 351 g/mol. The number of para-hydroxylation sites is 3. The number of ketones is 1. The monoisotopic (exact) mass is 351 g/mol. The van der Waals surface area contributed by atoms with Crippen molar-refractivity contribution in [2.24, 2.45) is 0 Å². The van der Waals surface area contributed by atoms with Gasteiger partial charge in [-0.05, 0) is 25.1 Å². The normalized spacial score (nSPS) is 16.9. The number of carbonyl (C=O) groups is 2. The highest BCUT2D eigenvalue weighted by Crippen LogP contribution is 2.31. The molecule has 2 aromatic carbocycles. The lowest BCUT2D eigenvalue weighted by Gasteiger charge is -2.25. The third kappa shape index (κ3) is 2.90. The summed E-state index contributed by atoms with van der Waals surface area (Å²) in [5.41, 5.74) is 1.35. The molecule has 3 aromatic rings. The Morgan fingerprint density at radius 1 is 1.12 bits per heavy atom. The van der Waals surface area contributed by atoms with Gasteiger partial charge in [0.25, 0.3) is 0 Å². The van der Waals surface area contributed by atoms with Crippen LogP contribution in [0.1, 0.15) is 17.3 Å². The molecule has 2 atom stereocenters. The summed E-state index contributed by atoms with van der Waals surface area (Å²) in [7, 11) is 0. The van der Waals surface area contributed by atoms with Gasteiger partial charge in [0.2, 0.25) is 11.9 Å². The summed E-state index contributed by atoms with van der Waals surface area (Å²) in [5.74, 6) is 0.170. The average Bonchev–Trinajstić information content (AvgIpc) is 3.11. The first-order valence-electron chi connectivity index (χ1n) is 8.33. The predicted octanol–water partition coefficient (Wildman–Crippen LogP) is 3.12. The van der Waals surface area contributed by atoms with E-state index in [1.807, 2.05) is 30.3 Å². The summed E-state index contributed by atoms with van der Waals surface area (Å²) in [6, 6.07) is 14.6. The number of hydrogen-bond acceptors (Lipinski definition) is 5. The van der Waals surface area contributed by atoms with Crippen LogP contribution in [-0.2, 0) is 9.53 Å². The minimum Gasteiger partial charge on any atom is -0.485 e. The van der Waals surface area contributed by atoms with Crippen LogP contribution in [-0.4, -0.2) is 35.6 Å². The van der Waals surface area contributed by atoms with Crippen molar-refractivity contribution in [3.8, 4) is 11.5 Å². The number of Topliss-reactive ketones (excluding diaryl/α,β-unsaturated/α-hetero) is 1. The van der Waals surface area contributed by atoms with Gasteiger partial charge in [0.1, 0.15) is 6.61 Å². The fourth-order valence-corrected chi connectivity index (χ4v) is 2.93. The molecule has 26 heavy (non-hydrogen) atoms. The molecule has 0 aliphatic carbocycles. The predicted molar refractivity (Wildman–Crippen MR) is 94.5 cm³/mol. The van der Waals surface area contributed by atoms with E-state index < -0.39 is 18.2 Å². The topological polar surface area (TPSA) is 77.6 Å². The Kier molecular flexibility index (Phi) is 4.08. The first kappa shape index (κ1) is 16.2. The van der Waals surface area contributed by atoms with Gasteiger partial charge in [-0.1, -0.05) is 30.3 Å². The Balaban J connectivity index is 1.45. The van der Waals surface area contributed by atoms with E-state index in [-0.39, 0.29) is 12.4 Å². The number of benzene rings is 2. The molecule has 132 valence electrons. The second-order valence-electron chi connectivity index (χ2n) is 6.06. The first-order valence-corrected chi connectivity index (χ1v) is 8.33. The van der Waals surface area contributed by atoms with Crippen molar-refractivity contribution in [2.45, 2.75) is 19.1 Å². The molecule has 1 N–H and O–H groups in total. The van der Waals surface area contributed by atoms with Gasteiger partial charge in [0.05, 0.1) is 0 Å². The Morgan fingerprint density at radius 2 is 1.85 bits per heavy atom. The standard InChI is InChI=1S/C20H17NO5/c1-12(19(22)14-10-21-15-7-3-2-6-13(14)15)25-20(23)18-11-24-16-8-4-5-9-17(16)26-18/h2-10,12,18,21H,11H2,1H3/t12-,18-/m0/s1. The molecule has 4 rings (SSSR count). The van der Waals surface area contributed by atoms with E-state index in [9.17, 15) is 9.59 Å². The largest absolute Gasteiger partial charge is 0.485 e. The van der Waals surface area contributed by atoms with Gasteiger partial charge < -0.3 is 19.2 Å². The van der Waals surface area contributed by atoms with Crippen LogP contribution in [0.25, 0.3) is 10.9 Å². The van der Waals surface area contributed by atoms with Crippen molar-refractivity contribution in [3.05, 3.63) is 60.3 Å². The van der Waals surface area contributed by atoms with Gasteiger partial charge in [-0.15, -0.1) is 0 Å². The first-order chi connectivity index (χ1) is 12.6. The Labute approximate surface area is 149 Å². The molecule has 0 bridgehead atoms. The van der Waals surface area contributed by atoms with E-state index >= 15 is 0 Å². The molecule has 0 amide bonds. The minimum atomic E-state index is -0.928. The second kappa shape index (κ2) is 6.55. The molecule has 0 saturated carbocycles. The SMILES string of the molecule is C[C@H](OC(=O)[C@@H]1COc2ccccc2O1)C(=O)c1c[nH]c2ccccc12. The molecule has 1 aliphatic rings. The zero-order chi connectivity index (χ0) is 18.1. The fraction of sp³-hybridized carbons (Fsp3) is 0.200. The molecule has 0 unspecified atom stereocenters. The molecule has 6 heteroatoms. The molecule has 0 radical (unpaired) electrons. The van der Waals surface area contributed by atoms with Crippen molar-refractivity contribution < 1.29 is 23.8 Å². The van der Waals surface area contributed by atoms with Crippen molar-refractivity contribution in [2.75, 3.05) is 6.61 Å². The summed E-state index contributed by atoms with van der Waals surface area (Å²) in [6.07, 6.45) is -0.195. The third-order valence-electron chi connectivity index (χ3n) is 4.29. The van der Waals surface area contributed by atoms with E-state index in [1.54, 1.807) is 31.3 Å². The van der Waals surface area contributed by atoms with Crippen molar-refractivity contribution in [1.29, 1.82) is 0 Å². The number of H-pyrrole nitrogens is 1. The summed E-state index contributed by atoms with van der Waals surface area (Å²) >= 11 is 0. The van der Waals surface area contributed by atoms with Gasteiger partial charge in [0.15, 0.2) is 17.6 Å². The lowest BCUT2D eigenvalue weighted by atomic mass is 10.1. The smallest absolute Gasteiger partial charge is 0.351 e. The maximum atomic E-state index is 12.7. The van der Waals surface area contributed by atoms with Crippen LogP contribution in [0.4, 0.5) is 0 Å². The molecule has 6 nitrogen and oxygen atoms in total. The zero-order valence-electron chi connectivity index (χ0n) is 14.1. The molecule has 1 aliphatic heterocycles. The Bertz CT molecular complexity index is 977. The number of rotatable bonds is 4. The molecule has 0 spiro atoms. The molecule has 0 saturated heterocycles. The van der Waals surface area contributed by atoms with Gasteiger partial charge >= 0.3 is 5.97 Å². The summed E-state index contributed by atoms with van der Waals surface area (Å²) in [6.45, 7) is 1.60. The highest BCUT2D eigenvalue weighted by atomic mass is 16.6. The zero-order valence-corrected chi connectivity index (χ0v) is 14.1. The lowest BCUT2D eigenvalue weighted by molar-refractivity contribution is -0.157. The number of aromatic nitrogens is 1. The van der Waals surface area contributed by atoms with Crippen LogP contribution in [0.5, 0.6) is 11.5 Å². The van der Waals surface area contributed by atoms with E-state index in [4.69, 9.17) is 14.2 Å². The highest BCUT2D eigenvalue weighted by Gasteiger charge is 2.31. The van der Waals surface area contributed by atoms with E-state index in [0.29, 0.717) is 17.1 Å². The summed E-state index contributed by atoms with van der Waals surface area (Å²) in [4.78, 5) is 28.1. The number of carbonyl (C=O) groups excluding carboxylic acids is 2. The molecular weight excluding hydrogens is 334 g/mol. The number of aromatic amines is 1. The maximum Gasteiger partial charge on any atom is 0.351 e. The molecule has 0 fully saturated rings. The highest BCUT2D eigenvalue weighted by molar-refractivity contribution is 6.10. The third-order valence-corrected chi connectivity index (χ3v) is 4.29. The summed E-state index contributed by atoms with van der Waals surface area (Å²) < 4.78 is 16.5. The minimum absolute atomic E-state index is 0.0455. The number of ether oxygens (including phenoxy) is 3. The van der Waals surface area contributed by atoms with Gasteiger partial charge in [-0.2, -0.15) is 0 Å². The van der Waals surface area contributed by atoms with E-state index in [2.05, 4.69) is 4.98 Å². The fourth-order valence-electron chi connectivity index (χ4n) is 2.93. The number of fused-ring (bicyclic) bond motifs is 2. The van der Waals surface area contributed by atoms with Gasteiger partial charge in [0, 0.05) is 22.7 Å². The Morgan fingerprint density at radius 3 is 2.69 bits per heavy atom. The van der Waals surface area contributed by atoms with Crippen LogP contribution < -0.4 is 9.47 Å². The molecule has 1 aromatic heterocycles. The second-order valence-corrected chi connectivity index (χ2v) is 6.06. The number of nitrogens with one attached hydrogen (secondary N) is 1.